The first-order chi connectivity index (χ1) is 17.4. The zero-order valence-electron chi connectivity index (χ0n) is 20.7. The normalized spacial score (nSPS) is 11.2. The fraction of sp³-hybridized carbons (Fsp3) is 0.200. The molecule has 0 spiro atoms. The molecule has 5 rings (SSSR count). The monoisotopic (exact) mass is 474 g/mol. The summed E-state index contributed by atoms with van der Waals surface area (Å²) in [5.41, 5.74) is 6.04. The predicted molar refractivity (Wildman–Crippen MR) is 143 cm³/mol. The molecule has 0 N–H and O–H groups in total. The summed E-state index contributed by atoms with van der Waals surface area (Å²) in [5, 5.41) is 0.864. The lowest BCUT2D eigenvalue weighted by Crippen LogP contribution is -2.01. The number of hydrogen-bond acceptors (Lipinski definition) is 5. The van der Waals surface area contributed by atoms with E-state index in [0.717, 1.165) is 33.2 Å². The van der Waals surface area contributed by atoms with Gasteiger partial charge in [0.05, 0.1) is 22.2 Å². The number of benzene rings is 3. The number of aromatic nitrogens is 4. The Balaban J connectivity index is 1.72. The molecule has 2 heterocycles. The van der Waals surface area contributed by atoms with Gasteiger partial charge in [0, 0.05) is 23.6 Å². The Morgan fingerprint density at radius 1 is 1.00 bits per heavy atom. The molecule has 0 bridgehead atoms. The standard InChI is InChI=1S/C30H26N4O2/c1-6-15-36-23-12-13-25-24(17-23)28(21-9-7-20(8-10-21)18(2)3)33-29(31-25)30-32-26-16-22(19(4)35)11-14-27(26)34(30)5/h1,7-14,16-18H,15H2,2-5H3. The molecule has 0 aliphatic carbocycles. The molecule has 0 aliphatic rings. The molecule has 36 heavy (non-hydrogen) atoms. The Morgan fingerprint density at radius 3 is 2.47 bits per heavy atom. The number of imidazole rings is 1. The van der Waals surface area contributed by atoms with Crippen LogP contribution in [0.5, 0.6) is 5.75 Å². The largest absolute Gasteiger partial charge is 0.481 e. The molecule has 6 nitrogen and oxygen atoms in total. The van der Waals surface area contributed by atoms with Crippen LogP contribution >= 0.6 is 0 Å². The number of rotatable bonds is 6. The highest BCUT2D eigenvalue weighted by molar-refractivity contribution is 5.98. The molecule has 0 aliphatic heterocycles. The molecular weight excluding hydrogens is 448 g/mol. The number of ketones is 1. The van der Waals surface area contributed by atoms with Gasteiger partial charge < -0.3 is 9.30 Å². The van der Waals surface area contributed by atoms with E-state index in [1.165, 1.54) is 5.56 Å². The average Bonchev–Trinajstić information content (AvgIpc) is 3.22. The van der Waals surface area contributed by atoms with E-state index in [1.807, 2.05) is 48.0 Å². The number of hydrogen-bond donors (Lipinski definition) is 0. The van der Waals surface area contributed by atoms with Crippen molar-refractivity contribution >= 4 is 27.7 Å². The van der Waals surface area contributed by atoms with Gasteiger partial charge in [0.15, 0.2) is 17.4 Å². The number of ether oxygens (including phenoxy) is 1. The molecule has 0 saturated carbocycles. The first kappa shape index (κ1) is 23.3. The predicted octanol–water partition coefficient (Wildman–Crippen LogP) is 6.19. The maximum Gasteiger partial charge on any atom is 0.197 e. The zero-order valence-corrected chi connectivity index (χ0v) is 20.7. The van der Waals surface area contributed by atoms with Crippen LogP contribution in [0.15, 0.2) is 60.7 Å². The van der Waals surface area contributed by atoms with E-state index in [2.05, 4.69) is 44.0 Å². The van der Waals surface area contributed by atoms with Gasteiger partial charge in [-0.25, -0.2) is 15.0 Å². The number of Topliss-reactive ketones (excluding diaryl/α,β-unsaturated/α-hetero) is 1. The van der Waals surface area contributed by atoms with Gasteiger partial charge in [-0.15, -0.1) is 6.42 Å². The Hall–Kier alpha value is -4.50. The molecule has 6 heteroatoms. The summed E-state index contributed by atoms with van der Waals surface area (Å²) in [5.74, 6) is 4.73. The third kappa shape index (κ3) is 4.20. The summed E-state index contributed by atoms with van der Waals surface area (Å²) >= 11 is 0. The van der Waals surface area contributed by atoms with Crippen molar-refractivity contribution in [2.75, 3.05) is 6.61 Å². The minimum atomic E-state index is 0.000970. The van der Waals surface area contributed by atoms with E-state index in [9.17, 15) is 4.79 Å². The Morgan fingerprint density at radius 2 is 1.78 bits per heavy atom. The molecule has 0 fully saturated rings. The van der Waals surface area contributed by atoms with E-state index in [0.29, 0.717) is 28.9 Å². The topological polar surface area (TPSA) is 69.9 Å². The van der Waals surface area contributed by atoms with Crippen molar-refractivity contribution in [1.29, 1.82) is 0 Å². The highest BCUT2D eigenvalue weighted by atomic mass is 16.5. The second-order valence-corrected chi connectivity index (χ2v) is 9.10. The van der Waals surface area contributed by atoms with Crippen molar-refractivity contribution in [1.82, 2.24) is 19.5 Å². The first-order valence-corrected chi connectivity index (χ1v) is 11.8. The summed E-state index contributed by atoms with van der Waals surface area (Å²) in [6.07, 6.45) is 5.38. The molecule has 2 aromatic heterocycles. The number of terminal acetylenes is 1. The lowest BCUT2D eigenvalue weighted by molar-refractivity contribution is 0.101. The van der Waals surface area contributed by atoms with Crippen LogP contribution in [0.1, 0.15) is 42.6 Å². The summed E-state index contributed by atoms with van der Waals surface area (Å²) in [6.45, 7) is 6.08. The molecule has 0 amide bonds. The van der Waals surface area contributed by atoms with Crippen molar-refractivity contribution in [2.24, 2.45) is 7.05 Å². The van der Waals surface area contributed by atoms with E-state index in [-0.39, 0.29) is 12.4 Å². The number of fused-ring (bicyclic) bond motifs is 2. The molecule has 0 saturated heterocycles. The fourth-order valence-corrected chi connectivity index (χ4v) is 4.29. The van der Waals surface area contributed by atoms with Crippen LogP contribution in [0, 0.1) is 12.3 Å². The Bertz CT molecular complexity index is 1660. The Labute approximate surface area is 210 Å². The zero-order chi connectivity index (χ0) is 25.4. The van der Waals surface area contributed by atoms with Crippen LogP contribution in [-0.4, -0.2) is 31.9 Å². The summed E-state index contributed by atoms with van der Waals surface area (Å²) in [7, 11) is 1.93. The maximum absolute atomic E-state index is 11.9. The second-order valence-electron chi connectivity index (χ2n) is 9.10. The van der Waals surface area contributed by atoms with Crippen molar-refractivity contribution in [3.05, 3.63) is 71.8 Å². The minimum Gasteiger partial charge on any atom is -0.481 e. The van der Waals surface area contributed by atoms with Crippen molar-refractivity contribution in [2.45, 2.75) is 26.7 Å². The average molecular weight is 475 g/mol. The third-order valence-corrected chi connectivity index (χ3v) is 6.33. The molecule has 0 atom stereocenters. The van der Waals surface area contributed by atoms with E-state index < -0.39 is 0 Å². The van der Waals surface area contributed by atoms with Crippen LogP contribution in [-0.2, 0) is 7.05 Å². The number of aryl methyl sites for hydroxylation is 1. The van der Waals surface area contributed by atoms with Gasteiger partial charge in [0.25, 0.3) is 0 Å². The number of carbonyl (C=O) groups is 1. The molecule has 0 unspecified atom stereocenters. The summed E-state index contributed by atoms with van der Waals surface area (Å²) in [6, 6.07) is 19.7. The van der Waals surface area contributed by atoms with Crippen LogP contribution in [0.25, 0.3) is 44.8 Å². The first-order valence-electron chi connectivity index (χ1n) is 11.8. The molecule has 178 valence electrons. The molecule has 0 radical (unpaired) electrons. The van der Waals surface area contributed by atoms with Gasteiger partial charge in [-0.1, -0.05) is 44.0 Å². The lowest BCUT2D eigenvalue weighted by Gasteiger charge is -2.12. The van der Waals surface area contributed by atoms with Crippen LogP contribution in [0.4, 0.5) is 0 Å². The van der Waals surface area contributed by atoms with Gasteiger partial charge in [0.2, 0.25) is 0 Å². The maximum atomic E-state index is 11.9. The fourth-order valence-electron chi connectivity index (χ4n) is 4.29. The smallest absolute Gasteiger partial charge is 0.197 e. The minimum absolute atomic E-state index is 0.000970. The van der Waals surface area contributed by atoms with Gasteiger partial charge >= 0.3 is 0 Å². The molecule has 3 aromatic carbocycles. The second kappa shape index (κ2) is 9.27. The van der Waals surface area contributed by atoms with Crippen LogP contribution < -0.4 is 4.74 Å². The SMILES string of the molecule is C#CCOc1ccc2nc(-c3nc4cc(C(C)=O)ccc4n3C)nc(-c3ccc(C(C)C)cc3)c2c1. The Kier molecular flexibility index (Phi) is 5.99. The number of nitrogens with zero attached hydrogens (tertiary/aromatic N) is 4. The van der Waals surface area contributed by atoms with E-state index in [4.69, 9.17) is 26.1 Å². The van der Waals surface area contributed by atoms with Gasteiger partial charge in [-0.3, -0.25) is 4.79 Å². The van der Waals surface area contributed by atoms with E-state index in [1.54, 1.807) is 6.92 Å². The lowest BCUT2D eigenvalue weighted by atomic mass is 9.99. The van der Waals surface area contributed by atoms with Gasteiger partial charge in [-0.2, -0.15) is 0 Å². The number of carbonyl (C=O) groups excluding carboxylic acids is 1. The van der Waals surface area contributed by atoms with Crippen molar-refractivity contribution < 1.29 is 9.53 Å². The van der Waals surface area contributed by atoms with Gasteiger partial charge in [-0.05, 0) is 54.8 Å². The van der Waals surface area contributed by atoms with Gasteiger partial charge in [0.1, 0.15) is 12.4 Å². The summed E-state index contributed by atoms with van der Waals surface area (Å²) < 4.78 is 7.63. The third-order valence-electron chi connectivity index (χ3n) is 6.33. The highest BCUT2D eigenvalue weighted by Gasteiger charge is 2.18. The quantitative estimate of drug-likeness (QED) is 0.217. The van der Waals surface area contributed by atoms with Crippen molar-refractivity contribution in [3.8, 4) is 41.0 Å². The van der Waals surface area contributed by atoms with E-state index >= 15 is 0 Å². The highest BCUT2D eigenvalue weighted by Crippen LogP contribution is 2.33. The molecular formula is C30H26N4O2. The van der Waals surface area contributed by atoms with Crippen molar-refractivity contribution in [3.63, 3.8) is 0 Å². The van der Waals surface area contributed by atoms with Crippen LogP contribution in [0.3, 0.4) is 0 Å². The molecule has 5 aromatic rings. The summed E-state index contributed by atoms with van der Waals surface area (Å²) in [4.78, 5) is 26.5. The van der Waals surface area contributed by atoms with Crippen LogP contribution in [0.2, 0.25) is 0 Å².